The highest BCUT2D eigenvalue weighted by Crippen LogP contribution is 2.40. The van der Waals surface area contributed by atoms with E-state index in [1.54, 1.807) is 6.92 Å². The number of rotatable bonds is 5. The molecule has 0 radical (unpaired) electrons. The van der Waals surface area contributed by atoms with E-state index in [4.69, 9.17) is 0 Å². The number of hydrogen-bond donors (Lipinski definition) is 2. The molecule has 0 bridgehead atoms. The maximum atomic E-state index is 13.3. The Kier molecular flexibility index (Phi) is 5.26. The van der Waals surface area contributed by atoms with E-state index in [0.29, 0.717) is 25.9 Å². The fourth-order valence-electron chi connectivity index (χ4n) is 4.16. The van der Waals surface area contributed by atoms with E-state index < -0.39 is 11.5 Å². The largest absolute Gasteiger partial charge is 0.389 e. The zero-order chi connectivity index (χ0) is 17.2. The van der Waals surface area contributed by atoms with Crippen LogP contribution in [0.15, 0.2) is 18.2 Å². The van der Waals surface area contributed by atoms with Gasteiger partial charge in [-0.05, 0) is 68.1 Å². The number of hydrogen-bond acceptors (Lipinski definition) is 2. The molecule has 0 saturated heterocycles. The number of halogens is 2. The van der Waals surface area contributed by atoms with Crippen molar-refractivity contribution < 1.29 is 13.9 Å². The van der Waals surface area contributed by atoms with Crippen molar-refractivity contribution in [2.75, 3.05) is 6.54 Å². The Hall–Kier alpha value is -1.00. The quantitative estimate of drug-likeness (QED) is 0.843. The molecule has 2 aliphatic carbocycles. The maximum Gasteiger partial charge on any atom is 0.248 e. The summed E-state index contributed by atoms with van der Waals surface area (Å²) in [7, 11) is 0. The van der Waals surface area contributed by atoms with Gasteiger partial charge in [0.05, 0.1) is 5.60 Å². The number of benzene rings is 1. The van der Waals surface area contributed by atoms with E-state index in [9.17, 15) is 13.9 Å². The Morgan fingerprint density at radius 2 is 1.83 bits per heavy atom. The highest BCUT2D eigenvalue weighted by molar-refractivity contribution is 5.33. The standard InChI is InChI=1S/C20H29F2NO/c1-19(24,18-8-10-20(21,22)11-9-18)14-23-13-15-6-7-16-4-2-3-5-17(16)12-15/h6-7,12,18,23-24H,2-5,8-11,13-14H2,1H3. The van der Waals surface area contributed by atoms with Crippen LogP contribution in [0.4, 0.5) is 8.78 Å². The molecule has 0 aromatic heterocycles. The minimum atomic E-state index is -2.54. The van der Waals surface area contributed by atoms with Crippen molar-refractivity contribution in [3.63, 3.8) is 0 Å². The van der Waals surface area contributed by atoms with Gasteiger partial charge >= 0.3 is 0 Å². The summed E-state index contributed by atoms with van der Waals surface area (Å²) in [5.41, 5.74) is 3.24. The Balaban J connectivity index is 1.50. The van der Waals surface area contributed by atoms with Crippen molar-refractivity contribution in [2.45, 2.75) is 76.4 Å². The summed E-state index contributed by atoms with van der Waals surface area (Å²) >= 11 is 0. The van der Waals surface area contributed by atoms with Crippen molar-refractivity contribution >= 4 is 0 Å². The lowest BCUT2D eigenvalue weighted by molar-refractivity contribution is -0.0868. The second kappa shape index (κ2) is 7.09. The SMILES string of the molecule is CC(O)(CNCc1ccc2c(c1)CCCC2)C1CCC(F)(F)CC1. The highest BCUT2D eigenvalue weighted by Gasteiger charge is 2.41. The van der Waals surface area contributed by atoms with Gasteiger partial charge in [0.25, 0.3) is 0 Å². The molecule has 0 spiro atoms. The van der Waals surface area contributed by atoms with Crippen LogP contribution in [0.5, 0.6) is 0 Å². The molecule has 134 valence electrons. The van der Waals surface area contributed by atoms with Gasteiger partial charge in [0.15, 0.2) is 0 Å². The Bertz CT molecular complexity index is 561. The van der Waals surface area contributed by atoms with Gasteiger partial charge in [0, 0.05) is 25.9 Å². The molecule has 1 unspecified atom stereocenters. The van der Waals surface area contributed by atoms with Crippen molar-refractivity contribution in [1.82, 2.24) is 5.32 Å². The lowest BCUT2D eigenvalue weighted by Gasteiger charge is -2.38. The molecule has 1 aromatic carbocycles. The van der Waals surface area contributed by atoms with E-state index >= 15 is 0 Å². The fourth-order valence-corrected chi connectivity index (χ4v) is 4.16. The van der Waals surface area contributed by atoms with Gasteiger partial charge in [-0.25, -0.2) is 8.78 Å². The molecule has 24 heavy (non-hydrogen) atoms. The normalized spacial score (nSPS) is 23.5. The molecule has 4 heteroatoms. The van der Waals surface area contributed by atoms with Crippen LogP contribution in [0.1, 0.15) is 62.1 Å². The van der Waals surface area contributed by atoms with Gasteiger partial charge in [0.2, 0.25) is 5.92 Å². The predicted octanol–water partition coefficient (Wildman–Crippen LogP) is 4.23. The molecule has 1 saturated carbocycles. The lowest BCUT2D eigenvalue weighted by Crippen LogP contribution is -2.46. The van der Waals surface area contributed by atoms with Crippen LogP contribution in [0.2, 0.25) is 0 Å². The molecule has 0 heterocycles. The van der Waals surface area contributed by atoms with Crippen LogP contribution in [-0.2, 0) is 19.4 Å². The second-order valence-corrected chi connectivity index (χ2v) is 7.90. The smallest absolute Gasteiger partial charge is 0.248 e. The van der Waals surface area contributed by atoms with E-state index in [-0.39, 0.29) is 18.8 Å². The summed E-state index contributed by atoms with van der Waals surface area (Å²) in [6.45, 7) is 2.94. The van der Waals surface area contributed by atoms with Gasteiger partial charge in [0.1, 0.15) is 0 Å². The first-order chi connectivity index (χ1) is 11.4. The molecule has 2 aliphatic rings. The molecule has 1 fully saturated rings. The summed E-state index contributed by atoms with van der Waals surface area (Å²) < 4.78 is 26.6. The van der Waals surface area contributed by atoms with E-state index in [0.717, 1.165) is 6.42 Å². The van der Waals surface area contributed by atoms with Crippen LogP contribution >= 0.6 is 0 Å². The number of fused-ring (bicyclic) bond motifs is 1. The first kappa shape index (κ1) is 17.8. The zero-order valence-electron chi connectivity index (χ0n) is 14.6. The molecule has 3 rings (SSSR count). The van der Waals surface area contributed by atoms with Crippen LogP contribution < -0.4 is 5.32 Å². The first-order valence-electron chi connectivity index (χ1n) is 9.27. The average Bonchev–Trinajstić information content (AvgIpc) is 2.54. The number of alkyl halides is 2. The molecule has 1 aromatic rings. The van der Waals surface area contributed by atoms with Crippen molar-refractivity contribution in [3.05, 3.63) is 34.9 Å². The third-order valence-electron chi connectivity index (χ3n) is 5.82. The van der Waals surface area contributed by atoms with Crippen LogP contribution in [0.3, 0.4) is 0 Å². The van der Waals surface area contributed by atoms with Gasteiger partial charge in [-0.3, -0.25) is 0 Å². The number of aryl methyl sites for hydroxylation is 2. The lowest BCUT2D eigenvalue weighted by atomic mass is 9.76. The van der Waals surface area contributed by atoms with Gasteiger partial charge in [-0.1, -0.05) is 18.2 Å². The number of aliphatic hydroxyl groups is 1. The summed E-state index contributed by atoms with van der Waals surface area (Å²) in [6.07, 6.45) is 5.51. The minimum Gasteiger partial charge on any atom is -0.389 e. The molecule has 1 atom stereocenters. The van der Waals surface area contributed by atoms with Crippen molar-refractivity contribution in [3.8, 4) is 0 Å². The molecular weight excluding hydrogens is 308 g/mol. The molecule has 0 amide bonds. The molecule has 2 N–H and O–H groups in total. The van der Waals surface area contributed by atoms with Gasteiger partial charge in [-0.15, -0.1) is 0 Å². The highest BCUT2D eigenvalue weighted by atomic mass is 19.3. The summed E-state index contributed by atoms with van der Waals surface area (Å²) in [5.74, 6) is -2.59. The van der Waals surface area contributed by atoms with Gasteiger partial charge in [-0.2, -0.15) is 0 Å². The Labute approximate surface area is 143 Å². The molecular formula is C20H29F2NO. The monoisotopic (exact) mass is 337 g/mol. The van der Waals surface area contributed by atoms with Crippen LogP contribution in [0, 0.1) is 5.92 Å². The first-order valence-corrected chi connectivity index (χ1v) is 9.27. The van der Waals surface area contributed by atoms with Gasteiger partial charge < -0.3 is 10.4 Å². The van der Waals surface area contributed by atoms with Crippen molar-refractivity contribution in [1.29, 1.82) is 0 Å². The topological polar surface area (TPSA) is 32.3 Å². The fraction of sp³-hybridized carbons (Fsp3) is 0.700. The summed E-state index contributed by atoms with van der Waals surface area (Å²) in [5, 5.41) is 14.0. The molecule has 2 nitrogen and oxygen atoms in total. The van der Waals surface area contributed by atoms with E-state index in [1.165, 1.54) is 36.0 Å². The third kappa shape index (κ3) is 4.34. The third-order valence-corrected chi connectivity index (χ3v) is 5.82. The summed E-state index contributed by atoms with van der Waals surface area (Å²) in [4.78, 5) is 0. The van der Waals surface area contributed by atoms with E-state index in [2.05, 4.69) is 23.5 Å². The Morgan fingerprint density at radius 3 is 2.54 bits per heavy atom. The second-order valence-electron chi connectivity index (χ2n) is 7.90. The Morgan fingerprint density at radius 1 is 1.17 bits per heavy atom. The van der Waals surface area contributed by atoms with Crippen molar-refractivity contribution in [2.24, 2.45) is 5.92 Å². The van der Waals surface area contributed by atoms with Crippen LogP contribution in [0.25, 0.3) is 0 Å². The summed E-state index contributed by atoms with van der Waals surface area (Å²) in [6, 6.07) is 6.66. The number of nitrogens with one attached hydrogen (secondary N) is 1. The minimum absolute atomic E-state index is 0.0480. The average molecular weight is 337 g/mol. The van der Waals surface area contributed by atoms with E-state index in [1.807, 2.05) is 0 Å². The zero-order valence-corrected chi connectivity index (χ0v) is 14.6. The maximum absolute atomic E-state index is 13.3. The predicted molar refractivity (Wildman–Crippen MR) is 92.3 cm³/mol. The molecule has 0 aliphatic heterocycles. The van der Waals surface area contributed by atoms with Crippen LogP contribution in [-0.4, -0.2) is 23.2 Å².